The van der Waals surface area contributed by atoms with Gasteiger partial charge in [-0.05, 0) is 57.9 Å². The Morgan fingerprint density at radius 3 is 2.59 bits per heavy atom. The zero-order valence-electron chi connectivity index (χ0n) is 17.0. The topological polar surface area (TPSA) is 75.5 Å². The van der Waals surface area contributed by atoms with Gasteiger partial charge in [-0.2, -0.15) is 0 Å². The zero-order valence-corrected chi connectivity index (χ0v) is 17.0. The van der Waals surface area contributed by atoms with Crippen LogP contribution in [0.25, 0.3) is 22.6 Å². The molecule has 5 rings (SSSR count). The molecule has 0 saturated carbocycles. The highest BCUT2D eigenvalue weighted by Gasteiger charge is 2.28. The molecule has 0 amide bonds. The summed E-state index contributed by atoms with van der Waals surface area (Å²) in [5, 5.41) is 0. The molecule has 5 heterocycles. The minimum atomic E-state index is 0.528. The van der Waals surface area contributed by atoms with E-state index >= 15 is 0 Å². The van der Waals surface area contributed by atoms with Crippen molar-refractivity contribution in [1.82, 2.24) is 29.5 Å². The maximum atomic E-state index is 4.85. The number of hydrogen-bond donors (Lipinski definition) is 1. The molecule has 148 valence electrons. The number of nitrogens with zero attached hydrogens (tertiary/aromatic N) is 6. The fraction of sp³-hybridized carbons (Fsp3) is 0.364. The lowest BCUT2D eigenvalue weighted by atomic mass is 10.2. The number of hydrogen-bond acceptors (Lipinski definition) is 5. The van der Waals surface area contributed by atoms with Crippen molar-refractivity contribution in [2.24, 2.45) is 0 Å². The number of aromatic nitrogens is 6. The average molecular weight is 387 g/mol. The standard InChI is InChI=1S/C22H25N7/c1-14-6-7-15(2)29(14)20-9-8-17(11-25-20)21-27-19-5-4-10-23-22(19)28(21)13-18-12-24-16(3)26-18/h4-5,8-12,14-15H,6-7,13H2,1-3H3,(H,24,26)/t14-,15-/m0/s1. The number of anilines is 1. The van der Waals surface area contributed by atoms with Gasteiger partial charge in [0.1, 0.15) is 23.0 Å². The Hall–Kier alpha value is -3.22. The third-order valence-electron chi connectivity index (χ3n) is 5.81. The van der Waals surface area contributed by atoms with Crippen LogP contribution in [0.5, 0.6) is 0 Å². The third kappa shape index (κ3) is 3.16. The predicted molar refractivity (Wildman–Crippen MR) is 114 cm³/mol. The molecule has 1 N–H and O–H groups in total. The van der Waals surface area contributed by atoms with Crippen LogP contribution in [-0.2, 0) is 6.54 Å². The molecule has 0 bridgehead atoms. The van der Waals surface area contributed by atoms with Gasteiger partial charge in [0.25, 0.3) is 0 Å². The van der Waals surface area contributed by atoms with Crippen molar-refractivity contribution in [3.63, 3.8) is 0 Å². The van der Waals surface area contributed by atoms with Gasteiger partial charge in [0, 0.05) is 36.2 Å². The number of nitrogens with one attached hydrogen (secondary N) is 1. The maximum absolute atomic E-state index is 4.85. The molecule has 7 heteroatoms. The van der Waals surface area contributed by atoms with E-state index in [4.69, 9.17) is 9.97 Å². The van der Waals surface area contributed by atoms with Crippen LogP contribution in [0.1, 0.15) is 38.2 Å². The van der Waals surface area contributed by atoms with Crippen LogP contribution in [0, 0.1) is 6.92 Å². The summed E-state index contributed by atoms with van der Waals surface area (Å²) < 4.78 is 2.11. The Labute approximate surface area is 169 Å². The van der Waals surface area contributed by atoms with Gasteiger partial charge in [0.05, 0.1) is 12.2 Å². The number of aryl methyl sites for hydroxylation is 1. The van der Waals surface area contributed by atoms with Gasteiger partial charge in [0.15, 0.2) is 5.65 Å². The van der Waals surface area contributed by atoms with E-state index in [2.05, 4.69) is 50.4 Å². The SMILES string of the molecule is Cc1nc(Cn2c(-c3ccc(N4[C@@H](C)CC[C@@H]4C)nc3)nc3cccnc32)c[nH]1. The molecule has 0 spiro atoms. The third-order valence-corrected chi connectivity index (χ3v) is 5.81. The highest BCUT2D eigenvalue weighted by Crippen LogP contribution is 2.30. The molecule has 7 nitrogen and oxygen atoms in total. The molecule has 1 fully saturated rings. The summed E-state index contributed by atoms with van der Waals surface area (Å²) in [7, 11) is 0. The van der Waals surface area contributed by atoms with Crippen molar-refractivity contribution in [2.45, 2.75) is 52.2 Å². The van der Waals surface area contributed by atoms with E-state index in [1.165, 1.54) is 12.8 Å². The van der Waals surface area contributed by atoms with E-state index in [9.17, 15) is 0 Å². The van der Waals surface area contributed by atoms with Crippen molar-refractivity contribution in [2.75, 3.05) is 4.90 Å². The van der Waals surface area contributed by atoms with E-state index in [1.807, 2.05) is 31.5 Å². The molecule has 0 unspecified atom stereocenters. The molecular weight excluding hydrogens is 362 g/mol. The summed E-state index contributed by atoms with van der Waals surface area (Å²) in [6.07, 6.45) is 8.11. The quantitative estimate of drug-likeness (QED) is 0.574. The molecule has 0 aliphatic carbocycles. The van der Waals surface area contributed by atoms with Crippen LogP contribution in [-0.4, -0.2) is 41.6 Å². The van der Waals surface area contributed by atoms with Crippen molar-refractivity contribution in [3.05, 3.63) is 54.4 Å². The van der Waals surface area contributed by atoms with Gasteiger partial charge in [-0.25, -0.2) is 19.9 Å². The van der Waals surface area contributed by atoms with E-state index in [1.54, 1.807) is 6.20 Å². The lowest BCUT2D eigenvalue weighted by Gasteiger charge is -2.27. The fourth-order valence-electron chi connectivity index (χ4n) is 4.36. The summed E-state index contributed by atoms with van der Waals surface area (Å²) in [5.74, 6) is 2.80. The summed E-state index contributed by atoms with van der Waals surface area (Å²) in [4.78, 5) is 24.3. The van der Waals surface area contributed by atoms with Gasteiger partial charge in [-0.1, -0.05) is 0 Å². The Bertz CT molecular complexity index is 1130. The molecule has 29 heavy (non-hydrogen) atoms. The number of pyridine rings is 2. The van der Waals surface area contributed by atoms with Gasteiger partial charge in [-0.15, -0.1) is 0 Å². The summed E-state index contributed by atoms with van der Waals surface area (Å²) in [6, 6.07) is 9.20. The Morgan fingerprint density at radius 1 is 1.07 bits per heavy atom. The van der Waals surface area contributed by atoms with Crippen LogP contribution >= 0.6 is 0 Å². The van der Waals surface area contributed by atoms with Gasteiger partial charge in [-0.3, -0.25) is 0 Å². The second kappa shape index (κ2) is 6.99. The van der Waals surface area contributed by atoms with Gasteiger partial charge >= 0.3 is 0 Å². The molecule has 4 aromatic rings. The van der Waals surface area contributed by atoms with E-state index < -0.39 is 0 Å². The summed E-state index contributed by atoms with van der Waals surface area (Å²) in [6.45, 7) is 7.11. The molecule has 0 radical (unpaired) electrons. The molecule has 2 atom stereocenters. The first kappa shape index (κ1) is 17.8. The second-order valence-electron chi connectivity index (χ2n) is 7.93. The van der Waals surface area contributed by atoms with Crippen molar-refractivity contribution >= 4 is 17.0 Å². The molecule has 4 aromatic heterocycles. The number of H-pyrrole nitrogens is 1. The second-order valence-corrected chi connectivity index (χ2v) is 7.93. The molecule has 0 aromatic carbocycles. The first-order valence-electron chi connectivity index (χ1n) is 10.2. The van der Waals surface area contributed by atoms with Crippen molar-refractivity contribution < 1.29 is 0 Å². The largest absolute Gasteiger partial charge is 0.351 e. The lowest BCUT2D eigenvalue weighted by Crippen LogP contribution is -2.33. The molecular formula is C22H25N7. The fourth-order valence-corrected chi connectivity index (χ4v) is 4.36. The van der Waals surface area contributed by atoms with Crippen LogP contribution < -0.4 is 4.90 Å². The lowest BCUT2D eigenvalue weighted by molar-refractivity contribution is 0.683. The van der Waals surface area contributed by atoms with Gasteiger partial charge in [0.2, 0.25) is 0 Å². The van der Waals surface area contributed by atoms with Gasteiger partial charge < -0.3 is 14.5 Å². The normalized spacial score (nSPS) is 19.3. The number of rotatable bonds is 4. The first-order chi connectivity index (χ1) is 14.1. The number of imidazole rings is 2. The minimum absolute atomic E-state index is 0.528. The minimum Gasteiger partial charge on any atom is -0.351 e. The smallest absolute Gasteiger partial charge is 0.160 e. The predicted octanol–water partition coefficient (Wildman–Crippen LogP) is 3.95. The highest BCUT2D eigenvalue weighted by atomic mass is 15.2. The molecule has 1 saturated heterocycles. The molecule has 1 aliphatic rings. The Balaban J connectivity index is 1.55. The van der Waals surface area contributed by atoms with Crippen LogP contribution in [0.3, 0.4) is 0 Å². The van der Waals surface area contributed by atoms with E-state index in [0.717, 1.165) is 39.9 Å². The summed E-state index contributed by atoms with van der Waals surface area (Å²) >= 11 is 0. The highest BCUT2D eigenvalue weighted by molar-refractivity contribution is 5.77. The average Bonchev–Trinajstić information content (AvgIpc) is 3.40. The van der Waals surface area contributed by atoms with E-state index in [0.29, 0.717) is 18.6 Å². The van der Waals surface area contributed by atoms with Crippen LogP contribution in [0.15, 0.2) is 42.9 Å². The Kier molecular flexibility index (Phi) is 4.30. The van der Waals surface area contributed by atoms with E-state index in [-0.39, 0.29) is 0 Å². The van der Waals surface area contributed by atoms with Crippen LogP contribution in [0.4, 0.5) is 5.82 Å². The first-order valence-corrected chi connectivity index (χ1v) is 10.2. The Morgan fingerprint density at radius 2 is 1.90 bits per heavy atom. The molecule has 1 aliphatic heterocycles. The summed E-state index contributed by atoms with van der Waals surface area (Å²) in [5.41, 5.74) is 3.67. The number of fused-ring (bicyclic) bond motifs is 1. The monoisotopic (exact) mass is 387 g/mol. The number of aromatic amines is 1. The maximum Gasteiger partial charge on any atom is 0.160 e. The van der Waals surface area contributed by atoms with Crippen LogP contribution in [0.2, 0.25) is 0 Å². The van der Waals surface area contributed by atoms with Crippen molar-refractivity contribution in [1.29, 1.82) is 0 Å². The zero-order chi connectivity index (χ0) is 20.0. The van der Waals surface area contributed by atoms with Crippen molar-refractivity contribution in [3.8, 4) is 11.4 Å².